The fraction of sp³-hybridized carbons (Fsp3) is 0.714. The molecule has 1 fully saturated rings. The highest BCUT2D eigenvalue weighted by Crippen LogP contribution is 2.42. The number of hydrogen-bond acceptors (Lipinski definition) is 2. The van der Waals surface area contributed by atoms with E-state index in [9.17, 15) is 12.3 Å². The number of rotatable bonds is 1. The number of fused-ring (bicyclic) bond motifs is 2. The van der Waals surface area contributed by atoms with Gasteiger partial charge in [0.25, 0.3) is 0 Å². The molecule has 0 aromatic heterocycles. The van der Waals surface area contributed by atoms with Gasteiger partial charge < -0.3 is 0 Å². The van der Waals surface area contributed by atoms with Gasteiger partial charge in [0.05, 0.1) is 5.25 Å². The first kappa shape index (κ1) is 7.28. The van der Waals surface area contributed by atoms with Crippen LogP contribution in [0, 0.1) is 11.8 Å². The van der Waals surface area contributed by atoms with Gasteiger partial charge in [0.1, 0.15) is 0 Å². The summed E-state index contributed by atoms with van der Waals surface area (Å²) in [6, 6.07) is 0. The van der Waals surface area contributed by atoms with Gasteiger partial charge in [-0.3, -0.25) is 0 Å². The van der Waals surface area contributed by atoms with Gasteiger partial charge in [0, 0.05) is 0 Å². The van der Waals surface area contributed by atoms with Gasteiger partial charge in [-0.05, 0) is 24.7 Å². The predicted octanol–water partition coefficient (Wildman–Crippen LogP) is 1.25. The topological polar surface area (TPSA) is 34.1 Å². The van der Waals surface area contributed by atoms with Crippen LogP contribution in [0.2, 0.25) is 0 Å². The largest absolute Gasteiger partial charge is 0.305 e. The molecule has 2 nitrogen and oxygen atoms in total. The molecule has 2 bridgehead atoms. The van der Waals surface area contributed by atoms with E-state index < -0.39 is 15.5 Å². The first-order chi connectivity index (χ1) is 5.07. The minimum absolute atomic E-state index is 0.0463. The van der Waals surface area contributed by atoms with Gasteiger partial charge in [-0.15, -0.1) is 3.89 Å². The lowest BCUT2D eigenvalue weighted by Gasteiger charge is -2.11. The Morgan fingerprint density at radius 3 is 2.27 bits per heavy atom. The van der Waals surface area contributed by atoms with Crippen molar-refractivity contribution >= 4 is 10.2 Å². The molecular formula is C7H9FO2S. The van der Waals surface area contributed by atoms with E-state index in [-0.39, 0.29) is 5.92 Å². The average Bonchev–Trinajstić information content (AvgIpc) is 2.42. The Hall–Kier alpha value is -0.380. The van der Waals surface area contributed by atoms with Crippen molar-refractivity contribution in [3.8, 4) is 0 Å². The van der Waals surface area contributed by atoms with E-state index in [1.54, 1.807) is 0 Å². The zero-order valence-electron chi connectivity index (χ0n) is 5.90. The molecule has 0 heterocycles. The van der Waals surface area contributed by atoms with E-state index in [4.69, 9.17) is 0 Å². The Labute approximate surface area is 65.3 Å². The van der Waals surface area contributed by atoms with E-state index >= 15 is 0 Å². The Kier molecular flexibility index (Phi) is 1.36. The minimum Gasteiger partial charge on any atom is -0.195 e. The minimum atomic E-state index is -4.28. The van der Waals surface area contributed by atoms with Gasteiger partial charge >= 0.3 is 10.2 Å². The maximum absolute atomic E-state index is 12.5. The van der Waals surface area contributed by atoms with Gasteiger partial charge in [-0.25, -0.2) is 0 Å². The summed E-state index contributed by atoms with van der Waals surface area (Å²) in [6.45, 7) is 0. The monoisotopic (exact) mass is 176 g/mol. The Bertz CT molecular complexity index is 294. The zero-order chi connectivity index (χ0) is 8.06. The SMILES string of the molecule is O=S(=O)(F)[C@@H]1C[C@H]2C=C[C@H]1C2. The first-order valence-electron chi connectivity index (χ1n) is 3.69. The van der Waals surface area contributed by atoms with Crippen molar-refractivity contribution in [2.45, 2.75) is 18.1 Å². The van der Waals surface area contributed by atoms with Crippen molar-refractivity contribution < 1.29 is 12.3 Å². The molecule has 0 amide bonds. The van der Waals surface area contributed by atoms with E-state index in [1.807, 2.05) is 12.2 Å². The van der Waals surface area contributed by atoms with Crippen molar-refractivity contribution in [1.82, 2.24) is 0 Å². The quantitative estimate of drug-likeness (QED) is 0.445. The Morgan fingerprint density at radius 1 is 1.27 bits per heavy atom. The number of allylic oxidation sites excluding steroid dienone is 2. The normalized spacial score (nSPS) is 41.7. The Balaban J connectivity index is 2.28. The van der Waals surface area contributed by atoms with Crippen LogP contribution in [0.25, 0.3) is 0 Å². The molecule has 2 rings (SSSR count). The third kappa shape index (κ3) is 1.09. The van der Waals surface area contributed by atoms with Gasteiger partial charge in [0.2, 0.25) is 0 Å². The molecule has 0 N–H and O–H groups in total. The second-order valence-corrected chi connectivity index (χ2v) is 4.85. The maximum atomic E-state index is 12.5. The van der Waals surface area contributed by atoms with Crippen LogP contribution in [-0.2, 0) is 10.2 Å². The molecule has 0 aromatic rings. The molecule has 3 atom stereocenters. The summed E-state index contributed by atoms with van der Waals surface area (Å²) in [5.74, 6) is 0.269. The molecule has 0 spiro atoms. The summed E-state index contributed by atoms with van der Waals surface area (Å²) < 4.78 is 33.5. The summed E-state index contributed by atoms with van der Waals surface area (Å²) in [6.07, 6.45) is 5.14. The first-order valence-corrected chi connectivity index (χ1v) is 5.14. The van der Waals surface area contributed by atoms with Crippen molar-refractivity contribution in [2.24, 2.45) is 11.8 Å². The molecule has 0 aliphatic heterocycles. The lowest BCUT2D eigenvalue weighted by Crippen LogP contribution is -2.21. The van der Waals surface area contributed by atoms with Crippen LogP contribution in [0.5, 0.6) is 0 Å². The van der Waals surface area contributed by atoms with Crippen molar-refractivity contribution in [1.29, 1.82) is 0 Å². The molecule has 62 valence electrons. The van der Waals surface area contributed by atoms with E-state index in [1.165, 1.54) is 0 Å². The molecule has 1 saturated carbocycles. The molecule has 0 radical (unpaired) electrons. The van der Waals surface area contributed by atoms with Crippen LogP contribution in [0.1, 0.15) is 12.8 Å². The summed E-state index contributed by atoms with van der Waals surface area (Å²) in [4.78, 5) is 0. The average molecular weight is 176 g/mol. The van der Waals surface area contributed by atoms with E-state index in [0.717, 1.165) is 6.42 Å². The lowest BCUT2D eigenvalue weighted by molar-refractivity contribution is 0.517. The fourth-order valence-electron chi connectivity index (χ4n) is 2.05. The van der Waals surface area contributed by atoms with Crippen LogP contribution < -0.4 is 0 Å². The van der Waals surface area contributed by atoms with Crippen LogP contribution >= 0.6 is 0 Å². The number of hydrogen-bond donors (Lipinski definition) is 0. The van der Waals surface area contributed by atoms with Crippen molar-refractivity contribution in [3.05, 3.63) is 12.2 Å². The summed E-state index contributed by atoms with van der Waals surface area (Å²) in [7, 11) is -4.28. The Morgan fingerprint density at radius 2 is 2.00 bits per heavy atom. The summed E-state index contributed by atoms with van der Waals surface area (Å²) in [5.41, 5.74) is 0. The third-order valence-corrected chi connectivity index (χ3v) is 3.84. The molecule has 2 aliphatic rings. The third-order valence-electron chi connectivity index (χ3n) is 2.58. The maximum Gasteiger partial charge on any atom is 0.305 e. The predicted molar refractivity (Wildman–Crippen MR) is 39.2 cm³/mol. The molecule has 0 saturated heterocycles. The van der Waals surface area contributed by atoms with Crippen LogP contribution in [0.15, 0.2) is 12.2 Å². The molecule has 0 aromatic carbocycles. The summed E-state index contributed by atoms with van der Waals surface area (Å²) >= 11 is 0. The van der Waals surface area contributed by atoms with E-state index in [0.29, 0.717) is 12.3 Å². The molecule has 4 heteroatoms. The highest BCUT2D eigenvalue weighted by Gasteiger charge is 2.43. The second kappa shape index (κ2) is 2.06. The number of halogens is 1. The molecule has 11 heavy (non-hydrogen) atoms. The lowest BCUT2D eigenvalue weighted by atomic mass is 10.1. The van der Waals surface area contributed by atoms with Crippen molar-refractivity contribution in [3.63, 3.8) is 0 Å². The zero-order valence-corrected chi connectivity index (χ0v) is 6.72. The molecule has 2 aliphatic carbocycles. The molecular weight excluding hydrogens is 167 g/mol. The fourth-order valence-corrected chi connectivity index (χ4v) is 3.15. The second-order valence-electron chi connectivity index (χ2n) is 3.29. The highest BCUT2D eigenvalue weighted by atomic mass is 32.3. The smallest absolute Gasteiger partial charge is 0.195 e. The van der Waals surface area contributed by atoms with Crippen LogP contribution in [0.4, 0.5) is 3.89 Å². The standard InChI is InChI=1S/C7H9FO2S/c8-11(9,10)7-4-5-1-2-6(7)3-5/h1-2,5-7H,3-4H2/t5-,6-,7+/m0/s1. The van der Waals surface area contributed by atoms with Gasteiger partial charge in [-0.2, -0.15) is 8.42 Å². The highest BCUT2D eigenvalue weighted by molar-refractivity contribution is 7.87. The van der Waals surface area contributed by atoms with Crippen LogP contribution in [-0.4, -0.2) is 13.7 Å². The van der Waals surface area contributed by atoms with Crippen LogP contribution in [0.3, 0.4) is 0 Å². The summed E-state index contributed by atoms with van der Waals surface area (Å²) in [5, 5.41) is -0.738. The van der Waals surface area contributed by atoms with E-state index in [2.05, 4.69) is 0 Å². The van der Waals surface area contributed by atoms with Gasteiger partial charge in [0.15, 0.2) is 0 Å². The molecule has 0 unspecified atom stereocenters. The van der Waals surface area contributed by atoms with Crippen molar-refractivity contribution in [2.75, 3.05) is 0 Å². The van der Waals surface area contributed by atoms with Gasteiger partial charge in [-0.1, -0.05) is 12.2 Å².